The van der Waals surface area contributed by atoms with E-state index < -0.39 is 6.04 Å². The summed E-state index contributed by atoms with van der Waals surface area (Å²) < 4.78 is 0. The summed E-state index contributed by atoms with van der Waals surface area (Å²) in [4.78, 5) is 31.3. The third-order valence-electron chi connectivity index (χ3n) is 7.35. The van der Waals surface area contributed by atoms with E-state index >= 15 is 0 Å². The van der Waals surface area contributed by atoms with E-state index in [-0.39, 0.29) is 17.9 Å². The SMILES string of the molecule is Cc1ccc2c(c1)C(NC(=O)C1Cc3ccccc3CN1C(=O)c1cccc(N(C)C)c1)CCC2. The number of nitrogens with zero attached hydrogens (tertiary/aromatic N) is 2. The first-order chi connectivity index (χ1) is 16.9. The number of hydrogen-bond acceptors (Lipinski definition) is 3. The molecule has 1 aliphatic heterocycles. The van der Waals surface area contributed by atoms with Crippen molar-refractivity contribution in [3.8, 4) is 0 Å². The molecule has 3 aromatic rings. The largest absolute Gasteiger partial charge is 0.378 e. The zero-order valence-corrected chi connectivity index (χ0v) is 20.8. The van der Waals surface area contributed by atoms with Crippen LogP contribution in [0.3, 0.4) is 0 Å². The Morgan fingerprint density at radius 3 is 2.54 bits per heavy atom. The molecule has 2 atom stereocenters. The molecule has 5 heteroatoms. The number of nitrogens with one attached hydrogen (secondary N) is 1. The van der Waals surface area contributed by atoms with Gasteiger partial charge in [-0.05, 0) is 66.6 Å². The third kappa shape index (κ3) is 4.68. The summed E-state index contributed by atoms with van der Waals surface area (Å²) in [5.74, 6) is -0.181. The maximum Gasteiger partial charge on any atom is 0.254 e. The molecular weight excluding hydrogens is 434 g/mol. The van der Waals surface area contributed by atoms with Crippen LogP contribution in [0.5, 0.6) is 0 Å². The molecule has 1 N–H and O–H groups in total. The van der Waals surface area contributed by atoms with Gasteiger partial charge in [-0.15, -0.1) is 0 Å². The van der Waals surface area contributed by atoms with Gasteiger partial charge in [0, 0.05) is 38.3 Å². The van der Waals surface area contributed by atoms with Crippen LogP contribution in [-0.4, -0.2) is 36.9 Å². The van der Waals surface area contributed by atoms with Crippen molar-refractivity contribution in [3.63, 3.8) is 0 Å². The highest BCUT2D eigenvalue weighted by atomic mass is 16.2. The Labute approximate surface area is 207 Å². The molecule has 0 aromatic heterocycles. The highest BCUT2D eigenvalue weighted by Gasteiger charge is 2.36. The van der Waals surface area contributed by atoms with Crippen LogP contribution in [-0.2, 0) is 24.2 Å². The highest BCUT2D eigenvalue weighted by molar-refractivity contribution is 5.98. The summed E-state index contributed by atoms with van der Waals surface area (Å²) in [6.45, 7) is 2.52. The average molecular weight is 468 g/mol. The summed E-state index contributed by atoms with van der Waals surface area (Å²) in [7, 11) is 3.92. The van der Waals surface area contributed by atoms with Crippen molar-refractivity contribution in [3.05, 3.63) is 100 Å². The van der Waals surface area contributed by atoms with Gasteiger partial charge in [0.2, 0.25) is 5.91 Å². The van der Waals surface area contributed by atoms with Crippen molar-refractivity contribution in [1.29, 1.82) is 0 Å². The molecule has 0 saturated heterocycles. The van der Waals surface area contributed by atoms with Crippen LogP contribution < -0.4 is 10.2 Å². The van der Waals surface area contributed by atoms with Gasteiger partial charge in [-0.25, -0.2) is 0 Å². The molecule has 0 bridgehead atoms. The van der Waals surface area contributed by atoms with Crippen molar-refractivity contribution >= 4 is 17.5 Å². The molecule has 5 nitrogen and oxygen atoms in total. The maximum atomic E-state index is 13.8. The second kappa shape index (κ2) is 9.57. The van der Waals surface area contributed by atoms with E-state index in [9.17, 15) is 9.59 Å². The zero-order valence-electron chi connectivity index (χ0n) is 20.8. The van der Waals surface area contributed by atoms with Gasteiger partial charge in [-0.1, -0.05) is 54.1 Å². The van der Waals surface area contributed by atoms with Gasteiger partial charge in [0.15, 0.2) is 0 Å². The van der Waals surface area contributed by atoms with E-state index in [1.807, 2.05) is 55.4 Å². The van der Waals surface area contributed by atoms with E-state index in [0.717, 1.165) is 36.1 Å². The van der Waals surface area contributed by atoms with E-state index in [1.54, 1.807) is 4.90 Å². The van der Waals surface area contributed by atoms with Gasteiger partial charge in [0.1, 0.15) is 6.04 Å². The minimum absolute atomic E-state index is 0.0164. The van der Waals surface area contributed by atoms with Crippen molar-refractivity contribution in [2.24, 2.45) is 0 Å². The normalized spacial score (nSPS) is 18.9. The Morgan fingerprint density at radius 1 is 0.943 bits per heavy atom. The number of carbonyl (C=O) groups excluding carboxylic acids is 2. The second-order valence-electron chi connectivity index (χ2n) is 10.0. The fourth-order valence-corrected chi connectivity index (χ4v) is 5.39. The Morgan fingerprint density at radius 2 is 1.74 bits per heavy atom. The molecule has 35 heavy (non-hydrogen) atoms. The summed E-state index contributed by atoms with van der Waals surface area (Å²) >= 11 is 0. The maximum absolute atomic E-state index is 13.8. The van der Waals surface area contributed by atoms with Crippen LogP contribution in [0.4, 0.5) is 5.69 Å². The van der Waals surface area contributed by atoms with Crippen LogP contribution in [0.2, 0.25) is 0 Å². The Hall–Kier alpha value is -3.60. The van der Waals surface area contributed by atoms with Crippen LogP contribution >= 0.6 is 0 Å². The Balaban J connectivity index is 1.45. The standard InChI is InChI=1S/C30H33N3O2/c1-20-14-15-21-10-7-13-27(26(21)16-20)31-29(34)28-18-22-8-4-5-9-24(22)19-33(28)30(35)23-11-6-12-25(17-23)32(2)3/h4-6,8-9,11-12,14-17,27-28H,7,10,13,18-19H2,1-3H3,(H,31,34). The lowest BCUT2D eigenvalue weighted by atomic mass is 9.86. The molecular formula is C30H33N3O2. The Bertz CT molecular complexity index is 1270. The molecule has 1 aliphatic carbocycles. The molecule has 180 valence electrons. The van der Waals surface area contributed by atoms with Crippen LogP contribution in [0, 0.1) is 6.92 Å². The zero-order chi connectivity index (χ0) is 24.5. The lowest BCUT2D eigenvalue weighted by Crippen LogP contribution is -2.53. The van der Waals surface area contributed by atoms with Gasteiger partial charge in [0.05, 0.1) is 6.04 Å². The van der Waals surface area contributed by atoms with Crippen molar-refractivity contribution in [1.82, 2.24) is 10.2 Å². The molecule has 2 unspecified atom stereocenters. The van der Waals surface area contributed by atoms with Gasteiger partial charge in [0.25, 0.3) is 5.91 Å². The number of hydrogen-bond donors (Lipinski definition) is 1. The molecule has 2 amide bonds. The average Bonchev–Trinajstić information content (AvgIpc) is 2.87. The lowest BCUT2D eigenvalue weighted by Gasteiger charge is -2.37. The molecule has 0 spiro atoms. The monoisotopic (exact) mass is 467 g/mol. The van der Waals surface area contributed by atoms with E-state index in [0.29, 0.717) is 18.5 Å². The smallest absolute Gasteiger partial charge is 0.254 e. The van der Waals surface area contributed by atoms with Crippen LogP contribution in [0.15, 0.2) is 66.7 Å². The van der Waals surface area contributed by atoms with Crippen LogP contribution in [0.25, 0.3) is 0 Å². The number of benzene rings is 3. The summed E-state index contributed by atoms with van der Waals surface area (Å²) in [5, 5.41) is 3.33. The second-order valence-corrected chi connectivity index (χ2v) is 10.0. The molecule has 0 saturated carbocycles. The number of aryl methyl sites for hydroxylation is 2. The molecule has 3 aromatic carbocycles. The third-order valence-corrected chi connectivity index (χ3v) is 7.35. The fourth-order valence-electron chi connectivity index (χ4n) is 5.39. The van der Waals surface area contributed by atoms with Crippen LogP contribution in [0.1, 0.15) is 57.1 Å². The minimum atomic E-state index is -0.546. The fraction of sp³-hybridized carbons (Fsp3) is 0.333. The summed E-state index contributed by atoms with van der Waals surface area (Å²) in [5.41, 5.74) is 7.54. The number of amides is 2. The van der Waals surface area contributed by atoms with E-state index in [4.69, 9.17) is 0 Å². The first-order valence-corrected chi connectivity index (χ1v) is 12.5. The minimum Gasteiger partial charge on any atom is -0.378 e. The van der Waals surface area contributed by atoms with Crippen molar-refractivity contribution in [2.75, 3.05) is 19.0 Å². The molecule has 0 fully saturated rings. The molecule has 0 radical (unpaired) electrons. The first-order valence-electron chi connectivity index (χ1n) is 12.5. The topological polar surface area (TPSA) is 52.7 Å². The lowest BCUT2D eigenvalue weighted by molar-refractivity contribution is -0.127. The molecule has 2 aliphatic rings. The summed E-state index contributed by atoms with van der Waals surface area (Å²) in [6, 6.07) is 21.7. The first kappa shape index (κ1) is 23.2. The number of carbonyl (C=O) groups is 2. The number of anilines is 1. The van der Waals surface area contributed by atoms with E-state index in [1.165, 1.54) is 16.7 Å². The number of fused-ring (bicyclic) bond motifs is 2. The van der Waals surface area contributed by atoms with Crippen molar-refractivity contribution in [2.45, 2.75) is 51.2 Å². The van der Waals surface area contributed by atoms with Gasteiger partial charge in [-0.3, -0.25) is 9.59 Å². The quantitative estimate of drug-likeness (QED) is 0.598. The predicted molar refractivity (Wildman–Crippen MR) is 140 cm³/mol. The summed E-state index contributed by atoms with van der Waals surface area (Å²) in [6.07, 6.45) is 3.54. The van der Waals surface area contributed by atoms with E-state index in [2.05, 4.69) is 42.6 Å². The Kier molecular flexibility index (Phi) is 6.33. The van der Waals surface area contributed by atoms with Gasteiger partial charge < -0.3 is 15.1 Å². The predicted octanol–water partition coefficient (Wildman–Crippen LogP) is 4.82. The van der Waals surface area contributed by atoms with Gasteiger partial charge >= 0.3 is 0 Å². The van der Waals surface area contributed by atoms with Crippen molar-refractivity contribution < 1.29 is 9.59 Å². The number of rotatable bonds is 4. The molecule has 1 heterocycles. The van der Waals surface area contributed by atoms with Gasteiger partial charge in [-0.2, -0.15) is 0 Å². The molecule has 5 rings (SSSR count). The highest BCUT2D eigenvalue weighted by Crippen LogP contribution is 2.32.